The topological polar surface area (TPSA) is 75.7 Å². The van der Waals surface area contributed by atoms with Crippen molar-refractivity contribution in [1.82, 2.24) is 5.32 Å². The first-order valence-corrected chi connectivity index (χ1v) is 8.11. The van der Waals surface area contributed by atoms with Crippen LogP contribution >= 0.6 is 11.6 Å². The van der Waals surface area contributed by atoms with E-state index in [0.717, 1.165) is 4.90 Å². The van der Waals surface area contributed by atoms with E-state index in [0.29, 0.717) is 27.6 Å². The minimum Gasteiger partial charge on any atom is -0.497 e. The second kappa shape index (κ2) is 7.01. The van der Waals surface area contributed by atoms with Gasteiger partial charge in [0.05, 0.1) is 12.8 Å². The highest BCUT2D eigenvalue weighted by atomic mass is 35.5. The molecule has 0 radical (unpaired) electrons. The molecule has 3 rings (SSSR count). The van der Waals surface area contributed by atoms with Gasteiger partial charge in [-0.25, -0.2) is 9.69 Å². The summed E-state index contributed by atoms with van der Waals surface area (Å²) in [6.07, 6.45) is 1.42. The molecule has 7 heteroatoms. The molecule has 1 saturated heterocycles. The second-order valence-corrected chi connectivity index (χ2v) is 6.03. The van der Waals surface area contributed by atoms with Crippen LogP contribution in [0.4, 0.5) is 10.5 Å². The number of urea groups is 1. The van der Waals surface area contributed by atoms with Crippen molar-refractivity contribution in [1.29, 1.82) is 0 Å². The van der Waals surface area contributed by atoms with Crippen LogP contribution in [-0.2, 0) is 9.59 Å². The predicted octanol–water partition coefficient (Wildman–Crippen LogP) is 3.32. The van der Waals surface area contributed by atoms with Crippen molar-refractivity contribution in [2.45, 2.75) is 6.92 Å². The summed E-state index contributed by atoms with van der Waals surface area (Å²) in [5, 5.41) is 2.60. The predicted molar refractivity (Wildman–Crippen MR) is 98.2 cm³/mol. The molecule has 2 aromatic carbocycles. The Kier molecular flexibility index (Phi) is 4.77. The Morgan fingerprint density at radius 1 is 1.12 bits per heavy atom. The fourth-order valence-corrected chi connectivity index (χ4v) is 2.78. The third kappa shape index (κ3) is 3.19. The highest BCUT2D eigenvalue weighted by Gasteiger charge is 2.37. The van der Waals surface area contributed by atoms with Gasteiger partial charge in [0.15, 0.2) is 0 Å². The van der Waals surface area contributed by atoms with Gasteiger partial charge in [-0.15, -0.1) is 0 Å². The van der Waals surface area contributed by atoms with E-state index in [1.54, 1.807) is 49.4 Å². The maximum absolute atomic E-state index is 12.9. The molecule has 132 valence electrons. The summed E-state index contributed by atoms with van der Waals surface area (Å²) in [7, 11) is 1.52. The van der Waals surface area contributed by atoms with Gasteiger partial charge in [0, 0.05) is 5.02 Å². The van der Waals surface area contributed by atoms with Crippen LogP contribution in [0.25, 0.3) is 6.08 Å². The number of halogens is 1. The number of benzene rings is 2. The van der Waals surface area contributed by atoms with Crippen molar-refractivity contribution < 1.29 is 19.1 Å². The molecule has 6 nitrogen and oxygen atoms in total. The van der Waals surface area contributed by atoms with Gasteiger partial charge in [-0.2, -0.15) is 0 Å². The summed E-state index contributed by atoms with van der Waals surface area (Å²) in [5.74, 6) is -0.882. The smallest absolute Gasteiger partial charge is 0.335 e. The quantitative estimate of drug-likeness (QED) is 0.664. The molecule has 1 aliphatic rings. The van der Waals surface area contributed by atoms with E-state index in [9.17, 15) is 14.4 Å². The van der Waals surface area contributed by atoms with Crippen LogP contribution in [-0.4, -0.2) is 25.0 Å². The summed E-state index contributed by atoms with van der Waals surface area (Å²) in [4.78, 5) is 38.2. The molecule has 0 atom stereocenters. The maximum atomic E-state index is 12.9. The van der Waals surface area contributed by atoms with Gasteiger partial charge in [0.25, 0.3) is 11.8 Å². The van der Waals surface area contributed by atoms with Gasteiger partial charge >= 0.3 is 6.03 Å². The number of ether oxygens (including phenoxy) is 1. The number of hydrogen-bond acceptors (Lipinski definition) is 4. The van der Waals surface area contributed by atoms with E-state index in [4.69, 9.17) is 16.3 Å². The lowest BCUT2D eigenvalue weighted by molar-refractivity contribution is -0.122. The molecular weight excluding hydrogens is 356 g/mol. The van der Waals surface area contributed by atoms with Crippen LogP contribution in [0.15, 0.2) is 48.0 Å². The van der Waals surface area contributed by atoms with Gasteiger partial charge in [-0.05, 0) is 48.4 Å². The Morgan fingerprint density at radius 3 is 2.58 bits per heavy atom. The lowest BCUT2D eigenvalue weighted by Crippen LogP contribution is -2.54. The molecule has 0 unspecified atom stereocenters. The highest BCUT2D eigenvalue weighted by Crippen LogP contribution is 2.29. The van der Waals surface area contributed by atoms with Crippen LogP contribution < -0.4 is 15.0 Å². The third-order valence-electron chi connectivity index (χ3n) is 3.99. The van der Waals surface area contributed by atoms with Crippen molar-refractivity contribution in [3.63, 3.8) is 0 Å². The second-order valence-electron chi connectivity index (χ2n) is 5.62. The van der Waals surface area contributed by atoms with Crippen LogP contribution in [0, 0.1) is 6.92 Å². The number of anilines is 1. The standard InChI is InChI=1S/C19H15ClN2O4/c1-11-15(20)7-4-8-16(11)22-18(24)14(17(23)21-19(22)25)10-12-5-3-6-13(9-12)26-2/h3-10H,1-2H3,(H,21,23,25). The number of carbonyl (C=O) groups is 3. The average Bonchev–Trinajstić information content (AvgIpc) is 2.62. The monoisotopic (exact) mass is 370 g/mol. The number of rotatable bonds is 3. The molecule has 0 spiro atoms. The molecule has 1 aliphatic heterocycles. The molecule has 0 aromatic heterocycles. The summed E-state index contributed by atoms with van der Waals surface area (Å²) in [6, 6.07) is 11.0. The van der Waals surface area contributed by atoms with Crippen LogP contribution in [0.2, 0.25) is 5.02 Å². The molecule has 4 amide bonds. The van der Waals surface area contributed by atoms with Gasteiger partial charge in [0.2, 0.25) is 0 Å². The van der Waals surface area contributed by atoms with E-state index in [2.05, 4.69) is 5.32 Å². The Morgan fingerprint density at radius 2 is 1.85 bits per heavy atom. The number of barbiturate groups is 1. The first-order valence-electron chi connectivity index (χ1n) is 7.73. The molecule has 2 aromatic rings. The number of nitrogens with zero attached hydrogens (tertiary/aromatic N) is 1. The van der Waals surface area contributed by atoms with E-state index < -0.39 is 17.8 Å². The molecule has 1 fully saturated rings. The Bertz CT molecular complexity index is 952. The summed E-state index contributed by atoms with van der Waals surface area (Å²) in [6.45, 7) is 1.69. The van der Waals surface area contributed by atoms with Crippen molar-refractivity contribution >= 4 is 41.2 Å². The third-order valence-corrected chi connectivity index (χ3v) is 4.40. The van der Waals surface area contributed by atoms with E-state index in [1.165, 1.54) is 13.2 Å². The van der Waals surface area contributed by atoms with E-state index in [1.807, 2.05) is 0 Å². The normalized spacial score (nSPS) is 16.0. The summed E-state index contributed by atoms with van der Waals surface area (Å²) < 4.78 is 5.14. The van der Waals surface area contributed by atoms with Crippen molar-refractivity contribution in [3.8, 4) is 5.75 Å². The molecule has 1 N–H and O–H groups in total. The minimum absolute atomic E-state index is 0.155. The SMILES string of the molecule is COc1cccc(C=C2C(=O)NC(=O)N(c3cccc(Cl)c3C)C2=O)c1. The molecule has 0 aliphatic carbocycles. The van der Waals surface area contributed by atoms with Crippen molar-refractivity contribution in [2.24, 2.45) is 0 Å². The minimum atomic E-state index is -0.812. The van der Waals surface area contributed by atoms with Gasteiger partial charge in [-0.1, -0.05) is 29.8 Å². The van der Waals surface area contributed by atoms with Crippen LogP contribution in [0.3, 0.4) is 0 Å². The Labute approximate surface area is 155 Å². The maximum Gasteiger partial charge on any atom is 0.335 e. The zero-order valence-corrected chi connectivity index (χ0v) is 14.8. The van der Waals surface area contributed by atoms with Crippen LogP contribution in [0.5, 0.6) is 5.75 Å². The number of carbonyl (C=O) groups excluding carboxylic acids is 3. The first-order chi connectivity index (χ1) is 12.4. The number of nitrogens with one attached hydrogen (secondary N) is 1. The van der Waals surface area contributed by atoms with Crippen molar-refractivity contribution in [3.05, 3.63) is 64.2 Å². The molecule has 0 bridgehead atoms. The first kappa shape index (κ1) is 17.7. The van der Waals surface area contributed by atoms with Gasteiger partial charge < -0.3 is 4.74 Å². The summed E-state index contributed by atoms with van der Waals surface area (Å²) >= 11 is 6.09. The zero-order chi connectivity index (χ0) is 18.8. The van der Waals surface area contributed by atoms with Crippen LogP contribution in [0.1, 0.15) is 11.1 Å². The summed E-state index contributed by atoms with van der Waals surface area (Å²) in [5.41, 5.74) is 1.33. The highest BCUT2D eigenvalue weighted by molar-refractivity contribution is 6.39. The molecule has 0 saturated carbocycles. The van der Waals surface area contributed by atoms with E-state index in [-0.39, 0.29) is 5.57 Å². The number of hydrogen-bond donors (Lipinski definition) is 1. The Balaban J connectivity index is 2.05. The average molecular weight is 371 g/mol. The number of imide groups is 2. The van der Waals surface area contributed by atoms with Gasteiger partial charge in [0.1, 0.15) is 11.3 Å². The molecule has 26 heavy (non-hydrogen) atoms. The molecular formula is C19H15ClN2O4. The Hall–Kier alpha value is -3.12. The fraction of sp³-hybridized carbons (Fsp3) is 0.105. The molecule has 1 heterocycles. The lowest BCUT2D eigenvalue weighted by atomic mass is 10.1. The van der Waals surface area contributed by atoms with E-state index >= 15 is 0 Å². The van der Waals surface area contributed by atoms with Gasteiger partial charge in [-0.3, -0.25) is 14.9 Å². The lowest BCUT2D eigenvalue weighted by Gasteiger charge is -2.27. The number of amides is 4. The number of methoxy groups -OCH3 is 1. The fourth-order valence-electron chi connectivity index (χ4n) is 2.61. The van der Waals surface area contributed by atoms with Crippen molar-refractivity contribution in [2.75, 3.05) is 12.0 Å². The zero-order valence-electron chi connectivity index (χ0n) is 14.1. The largest absolute Gasteiger partial charge is 0.497 e.